The number of hydrogen-bond acceptors (Lipinski definition) is 9. The van der Waals surface area contributed by atoms with E-state index >= 15 is 4.39 Å². The maximum atomic E-state index is 16.8. The van der Waals surface area contributed by atoms with E-state index < -0.39 is 17.5 Å². The van der Waals surface area contributed by atoms with Gasteiger partial charge in [0.25, 0.3) is 0 Å². The number of benzene rings is 2. The van der Waals surface area contributed by atoms with Gasteiger partial charge in [-0.1, -0.05) is 18.1 Å². The Morgan fingerprint density at radius 1 is 1.25 bits per heavy atom. The Morgan fingerprint density at radius 3 is 3.00 bits per heavy atom. The summed E-state index contributed by atoms with van der Waals surface area (Å²) in [5, 5.41) is 15.3. The quantitative estimate of drug-likeness (QED) is 0.306. The third-order valence-corrected chi connectivity index (χ3v) is 8.80. The van der Waals surface area contributed by atoms with Gasteiger partial charge in [-0.15, -0.1) is 6.42 Å². The minimum absolute atomic E-state index is 0.0459. The lowest BCUT2D eigenvalue weighted by Crippen LogP contribution is -2.43. The molecule has 11 heteroatoms. The van der Waals surface area contributed by atoms with Crippen molar-refractivity contribution in [2.75, 3.05) is 38.1 Å². The van der Waals surface area contributed by atoms with Crippen LogP contribution in [0.2, 0.25) is 0 Å². The van der Waals surface area contributed by atoms with Crippen LogP contribution in [-0.2, 0) is 0 Å². The van der Waals surface area contributed by atoms with Gasteiger partial charge in [0.2, 0.25) is 5.88 Å². The second kappa shape index (κ2) is 11.2. The van der Waals surface area contributed by atoms with E-state index in [1.165, 1.54) is 6.07 Å². The molecule has 3 aliphatic rings. The molecule has 5 heterocycles. The van der Waals surface area contributed by atoms with Gasteiger partial charge in [-0.05, 0) is 49.9 Å². The van der Waals surface area contributed by atoms with Gasteiger partial charge in [-0.3, -0.25) is 9.89 Å². The number of phenols is 1. The van der Waals surface area contributed by atoms with Crippen LogP contribution in [0.4, 0.5) is 14.6 Å². The summed E-state index contributed by atoms with van der Waals surface area (Å²) in [6.07, 6.45) is 9.09. The van der Waals surface area contributed by atoms with Gasteiger partial charge in [0.1, 0.15) is 40.9 Å². The van der Waals surface area contributed by atoms with Crippen LogP contribution in [0.15, 0.2) is 35.3 Å². The summed E-state index contributed by atoms with van der Waals surface area (Å²) < 4.78 is 43.7. The molecule has 0 radical (unpaired) electrons. The molecule has 0 bridgehead atoms. The topological polar surface area (TPSA) is 105 Å². The van der Waals surface area contributed by atoms with Gasteiger partial charge in [0.15, 0.2) is 5.82 Å². The van der Waals surface area contributed by atoms with Crippen molar-refractivity contribution in [3.63, 3.8) is 0 Å². The Morgan fingerprint density at radius 2 is 2.14 bits per heavy atom. The number of aromatic hydroxyl groups is 1. The molecule has 226 valence electrons. The first-order valence-electron chi connectivity index (χ1n) is 14.9. The Hall–Kier alpha value is -4.56. The van der Waals surface area contributed by atoms with Crippen LogP contribution in [0.25, 0.3) is 32.9 Å². The molecule has 0 spiro atoms. The molecular weight excluding hydrogens is 566 g/mol. The molecule has 2 aromatic carbocycles. The maximum Gasteiger partial charge on any atom is 0.319 e. The number of aliphatic imine (C=N–C) groups is 1. The van der Waals surface area contributed by atoms with E-state index in [1.807, 2.05) is 6.92 Å². The average Bonchev–Trinajstić information content (AvgIpc) is 3.52. The monoisotopic (exact) mass is 598 g/mol. The van der Waals surface area contributed by atoms with E-state index in [9.17, 15) is 9.50 Å². The Balaban J connectivity index is 1.43. The fourth-order valence-corrected chi connectivity index (χ4v) is 6.75. The molecule has 2 saturated heterocycles. The number of rotatable bonds is 4. The Bertz CT molecular complexity index is 1840. The van der Waals surface area contributed by atoms with E-state index in [2.05, 4.69) is 36.1 Å². The molecule has 7 rings (SSSR count). The molecule has 0 unspecified atom stereocenters. The predicted octanol–water partition coefficient (Wildman–Crippen LogP) is 5.28. The zero-order chi connectivity index (χ0) is 30.4. The number of aromatic nitrogens is 3. The van der Waals surface area contributed by atoms with Gasteiger partial charge in [0.05, 0.1) is 18.2 Å². The number of fused-ring (bicyclic) bond motifs is 2. The maximum absolute atomic E-state index is 16.8. The van der Waals surface area contributed by atoms with Crippen LogP contribution >= 0.6 is 0 Å². The minimum Gasteiger partial charge on any atom is -0.508 e. The number of nitrogens with one attached hydrogen (secondary N) is 1. The molecule has 2 fully saturated rings. The van der Waals surface area contributed by atoms with E-state index in [4.69, 9.17) is 15.9 Å². The molecule has 0 aliphatic carbocycles. The Labute approximate surface area is 253 Å². The summed E-state index contributed by atoms with van der Waals surface area (Å²) in [4.78, 5) is 20.4. The lowest BCUT2D eigenvalue weighted by Gasteiger charge is -2.30. The van der Waals surface area contributed by atoms with Crippen LogP contribution in [0.3, 0.4) is 0 Å². The van der Waals surface area contributed by atoms with E-state index in [0.717, 1.165) is 19.4 Å². The summed E-state index contributed by atoms with van der Waals surface area (Å²) in [5.41, 5.74) is 0.242. The van der Waals surface area contributed by atoms with Crippen LogP contribution in [0.5, 0.6) is 17.6 Å². The zero-order valence-corrected chi connectivity index (χ0v) is 24.3. The van der Waals surface area contributed by atoms with Crippen molar-refractivity contribution in [2.45, 2.75) is 50.4 Å². The highest BCUT2D eigenvalue weighted by molar-refractivity contribution is 6.04. The molecule has 3 atom stereocenters. The standard InChI is InChI=1S/C33H32F2N6O3/c1-3-20-6-4-7-21-14-23(42)15-24(25(20)21)28-27(35)29-26-30(37-12-11-36-10-8-19(2)44-31(26)38-28)40-32(39-29)43-18-33-9-5-13-41(33)17-22(34)16-33/h1,4,6-7,11,14-15,19,22,42H,5,8-10,12-13,16-18H2,2H3,(H,37,39,40)/b36-11-/t19-,22+,33-/m0/s1. The van der Waals surface area contributed by atoms with Crippen molar-refractivity contribution in [1.82, 2.24) is 19.9 Å². The number of pyridine rings is 1. The first kappa shape index (κ1) is 28.2. The summed E-state index contributed by atoms with van der Waals surface area (Å²) in [5.74, 6) is 2.25. The summed E-state index contributed by atoms with van der Waals surface area (Å²) in [6.45, 7) is 4.13. The van der Waals surface area contributed by atoms with E-state index in [0.29, 0.717) is 54.4 Å². The van der Waals surface area contributed by atoms with Crippen LogP contribution in [0, 0.1) is 18.2 Å². The highest BCUT2D eigenvalue weighted by atomic mass is 19.1. The number of ether oxygens (including phenoxy) is 2. The first-order valence-corrected chi connectivity index (χ1v) is 14.9. The van der Waals surface area contributed by atoms with Gasteiger partial charge in [-0.25, -0.2) is 13.8 Å². The molecule has 0 saturated carbocycles. The summed E-state index contributed by atoms with van der Waals surface area (Å²) >= 11 is 0. The van der Waals surface area contributed by atoms with Gasteiger partial charge in [-0.2, -0.15) is 9.97 Å². The average molecular weight is 599 g/mol. The van der Waals surface area contributed by atoms with Gasteiger partial charge >= 0.3 is 6.01 Å². The van der Waals surface area contributed by atoms with Crippen LogP contribution < -0.4 is 14.8 Å². The van der Waals surface area contributed by atoms with Gasteiger partial charge in [0, 0.05) is 48.7 Å². The second-order valence-corrected chi connectivity index (χ2v) is 11.8. The smallest absolute Gasteiger partial charge is 0.319 e. The number of phenolic OH excluding ortho intramolecular Hbond substituents is 1. The van der Waals surface area contributed by atoms with Crippen LogP contribution in [0.1, 0.15) is 38.2 Å². The number of halogens is 2. The third-order valence-electron chi connectivity index (χ3n) is 8.80. The summed E-state index contributed by atoms with van der Waals surface area (Å²) in [6, 6.07) is 8.29. The lowest BCUT2D eigenvalue weighted by molar-refractivity contribution is 0.107. The molecule has 3 aliphatic heterocycles. The van der Waals surface area contributed by atoms with E-state index in [-0.39, 0.29) is 52.8 Å². The number of terminal acetylenes is 1. The Kier molecular flexibility index (Phi) is 7.17. The number of anilines is 1. The van der Waals surface area contributed by atoms with E-state index in [1.54, 1.807) is 30.5 Å². The van der Waals surface area contributed by atoms with Crippen molar-refractivity contribution >= 4 is 33.7 Å². The number of hydrogen-bond donors (Lipinski definition) is 2. The van der Waals surface area contributed by atoms with Crippen molar-refractivity contribution in [3.05, 3.63) is 41.7 Å². The predicted molar refractivity (Wildman–Crippen MR) is 165 cm³/mol. The van der Waals surface area contributed by atoms with Crippen LogP contribution in [-0.4, -0.2) is 81.8 Å². The molecule has 2 aromatic heterocycles. The van der Waals surface area contributed by atoms with Crippen molar-refractivity contribution in [3.8, 4) is 41.2 Å². The largest absolute Gasteiger partial charge is 0.508 e. The lowest BCUT2D eigenvalue weighted by atomic mass is 9.95. The van der Waals surface area contributed by atoms with Gasteiger partial charge < -0.3 is 19.9 Å². The molecule has 2 N–H and O–H groups in total. The molecule has 0 amide bonds. The van der Waals surface area contributed by atoms with Crippen molar-refractivity contribution < 1.29 is 23.4 Å². The first-order chi connectivity index (χ1) is 21.3. The molecule has 9 nitrogen and oxygen atoms in total. The molecule has 4 aromatic rings. The second-order valence-electron chi connectivity index (χ2n) is 11.8. The fraction of sp³-hybridized carbons (Fsp3) is 0.394. The normalized spacial score (nSPS) is 24.2. The number of alkyl halides is 1. The highest BCUT2D eigenvalue weighted by Gasteiger charge is 2.49. The third kappa shape index (κ3) is 4.93. The number of nitrogens with zero attached hydrogens (tertiary/aromatic N) is 5. The zero-order valence-electron chi connectivity index (χ0n) is 24.3. The molecular formula is C33H32F2N6O3. The van der Waals surface area contributed by atoms with Crippen molar-refractivity contribution in [2.24, 2.45) is 4.99 Å². The minimum atomic E-state index is -0.916. The van der Waals surface area contributed by atoms with Crippen molar-refractivity contribution in [1.29, 1.82) is 0 Å². The highest BCUT2D eigenvalue weighted by Crippen LogP contribution is 2.43. The molecule has 44 heavy (non-hydrogen) atoms. The SMILES string of the molecule is C#Cc1cccc2cc(O)cc(-c3nc4c5c(nc(OC[C@@]67CCCN6C[C@H](F)C7)nc5c3F)NC/C=N\CC[C@H](C)O4)c12. The fourth-order valence-electron chi connectivity index (χ4n) is 6.75. The summed E-state index contributed by atoms with van der Waals surface area (Å²) in [7, 11) is 0.